The number of benzene rings is 2. The number of fused-ring (bicyclic) bond motifs is 3. The molecule has 2 aromatic rings. The van der Waals surface area contributed by atoms with Gasteiger partial charge in [-0.25, -0.2) is 0 Å². The summed E-state index contributed by atoms with van der Waals surface area (Å²) in [6, 6.07) is 11.7. The van der Waals surface area contributed by atoms with Crippen molar-refractivity contribution in [1.29, 1.82) is 0 Å². The van der Waals surface area contributed by atoms with Gasteiger partial charge in [-0.15, -0.1) is 6.61 Å². The Labute approximate surface area is 264 Å². The number of ketones is 1. The van der Waals surface area contributed by atoms with E-state index >= 15 is 0 Å². The number of nitrogens with zero attached hydrogens (tertiary/aromatic N) is 2. The first-order valence-electron chi connectivity index (χ1n) is 16.1. The normalized spacial score (nSPS) is 27.1. The van der Waals surface area contributed by atoms with Crippen LogP contribution in [-0.4, -0.2) is 76.6 Å². The molecule has 2 saturated carbocycles. The highest BCUT2D eigenvalue weighted by molar-refractivity contribution is 6.07. The molecule has 0 radical (unpaired) electrons. The molecule has 9 heteroatoms. The molecule has 1 amide bonds. The molecule has 45 heavy (non-hydrogen) atoms. The number of primary amides is 1. The largest absolute Gasteiger partial charge is 0.854 e. The molecule has 4 unspecified atom stereocenters. The average Bonchev–Trinajstić information content (AvgIpc) is 3.00. The van der Waals surface area contributed by atoms with Crippen molar-refractivity contribution in [2.75, 3.05) is 27.7 Å². The van der Waals surface area contributed by atoms with E-state index in [1.54, 1.807) is 25.1 Å². The van der Waals surface area contributed by atoms with Gasteiger partial charge >= 0.3 is 0 Å². The van der Waals surface area contributed by atoms with E-state index in [0.29, 0.717) is 18.9 Å². The zero-order valence-corrected chi connectivity index (χ0v) is 26.3. The SMILES string of the molecule is CN(Cc1cccc(-c2ccc(O)c3c2CC2CC4C(C(=O)C2=C3O)C(C[O-])C(C(N)=O)=C(O)[C@H]4N(C)C)c1)C1CCCCC1. The lowest BCUT2D eigenvalue weighted by atomic mass is 9.56. The van der Waals surface area contributed by atoms with Gasteiger partial charge in [-0.2, -0.15) is 0 Å². The number of carbonyl (C=O) groups is 2. The third-order valence-corrected chi connectivity index (χ3v) is 10.9. The second-order valence-electron chi connectivity index (χ2n) is 13.7. The fraction of sp³-hybridized carbons (Fsp3) is 0.500. The Morgan fingerprint density at radius 2 is 1.78 bits per heavy atom. The van der Waals surface area contributed by atoms with Crippen LogP contribution >= 0.6 is 0 Å². The summed E-state index contributed by atoms with van der Waals surface area (Å²) >= 11 is 0. The molecule has 240 valence electrons. The minimum Gasteiger partial charge on any atom is -0.854 e. The Bertz CT molecular complexity index is 1570. The lowest BCUT2D eigenvalue weighted by Gasteiger charge is -2.50. The van der Waals surface area contributed by atoms with Gasteiger partial charge in [0, 0.05) is 24.1 Å². The zero-order chi connectivity index (χ0) is 32.2. The van der Waals surface area contributed by atoms with Gasteiger partial charge in [0.05, 0.1) is 17.2 Å². The molecule has 6 rings (SSSR count). The second-order valence-corrected chi connectivity index (χ2v) is 13.7. The minimum atomic E-state index is -1.10. The molecular weight excluding hydrogens is 570 g/mol. The van der Waals surface area contributed by atoms with Crippen molar-refractivity contribution < 1.29 is 30.0 Å². The average molecular weight is 615 g/mol. The second kappa shape index (κ2) is 12.3. The quantitative estimate of drug-likeness (QED) is 0.369. The molecule has 2 fully saturated rings. The molecule has 5 N–H and O–H groups in total. The van der Waals surface area contributed by atoms with Gasteiger partial charge in [-0.3, -0.25) is 19.4 Å². The summed E-state index contributed by atoms with van der Waals surface area (Å²) in [7, 11) is 5.70. The van der Waals surface area contributed by atoms with Crippen LogP contribution in [0.4, 0.5) is 0 Å². The molecule has 0 aliphatic heterocycles. The summed E-state index contributed by atoms with van der Waals surface area (Å²) in [4.78, 5) is 30.9. The maximum atomic E-state index is 14.3. The predicted octanol–water partition coefficient (Wildman–Crippen LogP) is 3.69. The highest BCUT2D eigenvalue weighted by atomic mass is 16.3. The smallest absolute Gasteiger partial charge is 0.248 e. The van der Waals surface area contributed by atoms with Crippen molar-refractivity contribution in [3.8, 4) is 16.9 Å². The number of phenols is 1. The number of aromatic hydroxyl groups is 1. The summed E-state index contributed by atoms with van der Waals surface area (Å²) < 4.78 is 0. The summed E-state index contributed by atoms with van der Waals surface area (Å²) in [5, 5.41) is 46.4. The van der Waals surface area contributed by atoms with E-state index in [9.17, 15) is 30.0 Å². The number of carbonyl (C=O) groups excluding carboxylic acids is 2. The summed E-state index contributed by atoms with van der Waals surface area (Å²) in [6.45, 7) is 0.0255. The molecule has 0 saturated heterocycles. The van der Waals surface area contributed by atoms with Crippen molar-refractivity contribution in [3.63, 3.8) is 0 Å². The van der Waals surface area contributed by atoms with Gasteiger partial charge in [0.15, 0.2) is 5.78 Å². The van der Waals surface area contributed by atoms with E-state index in [0.717, 1.165) is 23.2 Å². The van der Waals surface area contributed by atoms with Crippen molar-refractivity contribution >= 4 is 17.4 Å². The van der Waals surface area contributed by atoms with Crippen LogP contribution in [0.3, 0.4) is 0 Å². The van der Waals surface area contributed by atoms with Gasteiger partial charge in [-0.05, 0) is 99.0 Å². The molecule has 2 aromatic carbocycles. The van der Waals surface area contributed by atoms with Crippen LogP contribution < -0.4 is 10.8 Å². The first-order chi connectivity index (χ1) is 21.5. The van der Waals surface area contributed by atoms with Crippen LogP contribution in [0.15, 0.2) is 53.3 Å². The van der Waals surface area contributed by atoms with Crippen LogP contribution in [-0.2, 0) is 22.6 Å². The molecule has 9 nitrogen and oxygen atoms in total. The Morgan fingerprint density at radius 3 is 2.44 bits per heavy atom. The molecule has 0 aromatic heterocycles. The molecule has 0 bridgehead atoms. The number of nitrogens with two attached hydrogens (primary N) is 1. The zero-order valence-electron chi connectivity index (χ0n) is 26.3. The Balaban J connectivity index is 1.39. The van der Waals surface area contributed by atoms with E-state index in [1.165, 1.54) is 37.7 Å². The van der Waals surface area contributed by atoms with Gasteiger partial charge in [-0.1, -0.05) is 43.5 Å². The van der Waals surface area contributed by atoms with Crippen LogP contribution in [0, 0.1) is 23.7 Å². The molecule has 4 aliphatic carbocycles. The number of allylic oxidation sites excluding steroid dienone is 1. The number of hydrogen-bond acceptors (Lipinski definition) is 8. The number of aliphatic hydroxyl groups is 2. The summed E-state index contributed by atoms with van der Waals surface area (Å²) in [5.74, 6) is -4.87. The Hall–Kier alpha value is -3.66. The number of aliphatic hydroxyl groups excluding tert-OH is 2. The molecule has 5 atom stereocenters. The lowest BCUT2D eigenvalue weighted by molar-refractivity contribution is -0.379. The Kier molecular flexibility index (Phi) is 8.54. The third kappa shape index (κ3) is 5.34. The number of likely N-dealkylation sites (N-methyl/N-ethyl adjacent to an activating group) is 1. The van der Waals surface area contributed by atoms with Crippen LogP contribution in [0.2, 0.25) is 0 Å². The third-order valence-electron chi connectivity index (χ3n) is 10.9. The highest BCUT2D eigenvalue weighted by Crippen LogP contribution is 2.53. The number of phenolic OH excluding ortho intramolecular Hbond substituents is 1. The molecule has 4 aliphatic rings. The lowest BCUT2D eigenvalue weighted by Crippen LogP contribution is -2.56. The predicted molar refractivity (Wildman–Crippen MR) is 170 cm³/mol. The van der Waals surface area contributed by atoms with Gasteiger partial charge < -0.3 is 26.2 Å². The molecular formula is C36H44N3O6-. The molecule has 0 heterocycles. The van der Waals surface area contributed by atoms with Gasteiger partial charge in [0.25, 0.3) is 0 Å². The number of hydrogen-bond donors (Lipinski definition) is 4. The maximum Gasteiger partial charge on any atom is 0.248 e. The first kappa shape index (κ1) is 31.3. The minimum absolute atomic E-state index is 0.120. The van der Waals surface area contributed by atoms with E-state index in [2.05, 4.69) is 24.1 Å². The van der Waals surface area contributed by atoms with Crippen molar-refractivity contribution in [3.05, 3.63) is 70.0 Å². The molecule has 0 spiro atoms. The highest BCUT2D eigenvalue weighted by Gasteiger charge is 2.54. The monoisotopic (exact) mass is 614 g/mol. The Morgan fingerprint density at radius 1 is 1.04 bits per heavy atom. The van der Waals surface area contributed by atoms with Crippen LogP contribution in [0.1, 0.15) is 55.2 Å². The summed E-state index contributed by atoms with van der Waals surface area (Å²) in [6.07, 6.45) is 7.10. The number of amides is 1. The van der Waals surface area contributed by atoms with Crippen molar-refractivity contribution in [2.24, 2.45) is 29.4 Å². The van der Waals surface area contributed by atoms with Crippen LogP contribution in [0.5, 0.6) is 5.75 Å². The number of rotatable bonds is 7. The van der Waals surface area contributed by atoms with Crippen LogP contribution in [0.25, 0.3) is 16.9 Å². The van der Waals surface area contributed by atoms with E-state index < -0.39 is 48.0 Å². The van der Waals surface area contributed by atoms with E-state index in [4.69, 9.17) is 5.73 Å². The van der Waals surface area contributed by atoms with Crippen molar-refractivity contribution in [2.45, 2.75) is 63.6 Å². The van der Waals surface area contributed by atoms with E-state index in [1.807, 2.05) is 18.2 Å². The van der Waals surface area contributed by atoms with Crippen molar-refractivity contribution in [1.82, 2.24) is 9.80 Å². The first-order valence-corrected chi connectivity index (χ1v) is 16.1. The maximum absolute atomic E-state index is 14.3. The fourth-order valence-corrected chi connectivity index (χ4v) is 8.86. The van der Waals surface area contributed by atoms with Gasteiger partial charge in [0.1, 0.15) is 17.3 Å². The number of Topliss-reactive ketones (excluding diaryl/α,β-unsaturated/α-hetero) is 1. The summed E-state index contributed by atoms with van der Waals surface area (Å²) in [5.41, 5.74) is 9.64. The standard InChI is InChI=1S/C36H44N3O6/c1-38(2)32-25-16-21-15-24-23(20-9-7-8-19(14-20)17-39(3)22-10-5-4-6-11-22)12-13-27(41)30(24)34(43)28(21)33(42)29(25)26(18-40)31(35(32)44)36(37)45/h7-9,12-14,21-22,25-26,29,32,41,43-44H,4-6,10-11,15-18H2,1-3H3,(H2,37,45)/q-1/t21?,25?,26?,29?,32-/m0/s1. The topological polar surface area (TPSA) is 150 Å². The fourth-order valence-electron chi connectivity index (χ4n) is 8.86. The van der Waals surface area contributed by atoms with Gasteiger partial charge in [0.2, 0.25) is 5.91 Å². The van der Waals surface area contributed by atoms with E-state index in [-0.39, 0.29) is 34.0 Å².